The first-order valence-electron chi connectivity index (χ1n) is 14.7. The van der Waals surface area contributed by atoms with Gasteiger partial charge in [-0.2, -0.15) is 0 Å². The van der Waals surface area contributed by atoms with Crippen LogP contribution in [0.2, 0.25) is 0 Å². The van der Waals surface area contributed by atoms with Gasteiger partial charge in [0.15, 0.2) is 11.2 Å². The van der Waals surface area contributed by atoms with Crippen molar-refractivity contribution in [3.8, 4) is 0 Å². The third-order valence-corrected chi connectivity index (χ3v) is 10.6. The van der Waals surface area contributed by atoms with Crippen molar-refractivity contribution in [3.63, 3.8) is 0 Å². The SMILES string of the molecule is OC[C@H]1O[C@](O)([C@]2(CO)[C@@H](O)[C@@H](O)[C@H](O)[C@](O)([C@]3(O)O[C@H](CO)[C@H](O)[C@H](O)[C@H]3O)[C@@]2(O)[C@]2(O)O[C@H](CO)[C@H](O)[C@H](O)[C@H]2O)[C@H](O)[C@@H](O)[C@H]1O. The van der Waals surface area contributed by atoms with E-state index in [2.05, 4.69) is 0 Å². The lowest BCUT2D eigenvalue weighted by atomic mass is 9.43. The quantitative estimate of drug-likeness (QED) is 0.116. The van der Waals surface area contributed by atoms with Gasteiger partial charge in [0.2, 0.25) is 17.4 Å². The van der Waals surface area contributed by atoms with E-state index in [1.165, 1.54) is 0 Å². The molecule has 1 saturated carbocycles. The fourth-order valence-corrected chi connectivity index (χ4v) is 7.78. The van der Waals surface area contributed by atoms with Crippen molar-refractivity contribution in [2.45, 2.75) is 120 Å². The van der Waals surface area contributed by atoms with Crippen LogP contribution in [0.1, 0.15) is 0 Å². The number of hydrogen-bond donors (Lipinski definition) is 21. The second-order valence-corrected chi connectivity index (χ2v) is 12.9. The summed E-state index contributed by atoms with van der Waals surface area (Å²) in [6.07, 6.45) is -43.2. The predicted octanol–water partition coefficient (Wildman–Crippen LogP) is -14.0. The van der Waals surface area contributed by atoms with Gasteiger partial charge in [-0.15, -0.1) is 0 Å². The van der Waals surface area contributed by atoms with Crippen molar-refractivity contribution in [2.24, 2.45) is 5.41 Å². The summed E-state index contributed by atoms with van der Waals surface area (Å²) in [5, 5.41) is 233. The van der Waals surface area contributed by atoms with Crippen molar-refractivity contribution in [3.05, 3.63) is 0 Å². The van der Waals surface area contributed by atoms with E-state index in [1.54, 1.807) is 0 Å². The van der Waals surface area contributed by atoms with E-state index in [0.717, 1.165) is 0 Å². The zero-order chi connectivity index (χ0) is 37.6. The zero-order valence-corrected chi connectivity index (χ0v) is 25.1. The van der Waals surface area contributed by atoms with Crippen LogP contribution < -0.4 is 0 Å². The minimum Gasteiger partial charge on any atom is -0.395 e. The first kappa shape index (κ1) is 40.8. The van der Waals surface area contributed by atoms with Crippen LogP contribution in [0.3, 0.4) is 0 Å². The standard InChI is InChI=1S/C25H44O24/c26-1-5-8(30)11(33)17(39)22(43,47-5)20(4-29)15(37)14(36)16(38)21(42,23(44)18(40)12(34)9(31)6(2-27)48-23)25(20,46)24(45)19(41)13(35)10(32)7(3-28)49-24/h5-19,26-46H,1-4H2/t5-,6-,7-,8+,9+,10+,11+,12+,13+,14-,15+,16+,17-,18-,19-,20+,21+,22+,23-,24-,25-/m1/s1. The fourth-order valence-electron chi connectivity index (χ4n) is 7.78. The summed E-state index contributed by atoms with van der Waals surface area (Å²) in [5.41, 5.74) is -14.5. The van der Waals surface area contributed by atoms with Gasteiger partial charge < -0.3 is 121 Å². The number of aliphatic hydroxyl groups is 21. The molecule has 4 aliphatic rings. The first-order valence-corrected chi connectivity index (χ1v) is 14.7. The Balaban J connectivity index is 2.24. The van der Waals surface area contributed by atoms with E-state index < -0.39 is 152 Å². The molecule has 3 heterocycles. The lowest BCUT2D eigenvalue weighted by molar-refractivity contribution is -0.548. The van der Waals surface area contributed by atoms with E-state index in [1.807, 2.05) is 0 Å². The molecular formula is C25H44O24. The van der Waals surface area contributed by atoms with Gasteiger partial charge in [0.25, 0.3) is 0 Å². The largest absolute Gasteiger partial charge is 0.395 e. The first-order chi connectivity index (χ1) is 22.5. The van der Waals surface area contributed by atoms with Crippen LogP contribution in [-0.2, 0) is 14.2 Å². The van der Waals surface area contributed by atoms with Crippen molar-refractivity contribution in [1.82, 2.24) is 0 Å². The Morgan fingerprint density at radius 1 is 0.367 bits per heavy atom. The molecule has 21 atom stereocenters. The molecule has 0 radical (unpaired) electrons. The molecule has 1 aliphatic carbocycles. The third-order valence-electron chi connectivity index (χ3n) is 10.6. The predicted molar refractivity (Wildman–Crippen MR) is 142 cm³/mol. The highest BCUT2D eigenvalue weighted by molar-refractivity contribution is 5.36. The van der Waals surface area contributed by atoms with Crippen molar-refractivity contribution in [2.75, 3.05) is 26.4 Å². The van der Waals surface area contributed by atoms with Gasteiger partial charge in [0.1, 0.15) is 90.9 Å². The summed E-state index contributed by atoms with van der Waals surface area (Å²) < 4.78 is 15.2. The number of rotatable bonds is 7. The molecule has 49 heavy (non-hydrogen) atoms. The monoisotopic (exact) mass is 728 g/mol. The third kappa shape index (κ3) is 4.73. The van der Waals surface area contributed by atoms with Crippen molar-refractivity contribution < 1.29 is 121 Å². The molecule has 3 aliphatic heterocycles. The number of aliphatic hydroxyl groups excluding tert-OH is 16. The van der Waals surface area contributed by atoms with Crippen LogP contribution >= 0.6 is 0 Å². The second kappa shape index (κ2) is 13.2. The van der Waals surface area contributed by atoms with Gasteiger partial charge in [-0.05, 0) is 0 Å². The molecule has 21 N–H and O–H groups in total. The van der Waals surface area contributed by atoms with Crippen molar-refractivity contribution >= 4 is 0 Å². The van der Waals surface area contributed by atoms with E-state index in [0.29, 0.717) is 0 Å². The minimum absolute atomic E-state index is 1.44. The summed E-state index contributed by atoms with van der Waals surface area (Å²) in [6.45, 7) is -6.77. The van der Waals surface area contributed by atoms with Crippen molar-refractivity contribution in [1.29, 1.82) is 0 Å². The minimum atomic E-state index is -5.11. The van der Waals surface area contributed by atoms with Crippen LogP contribution in [0.15, 0.2) is 0 Å². The average Bonchev–Trinajstić information content (AvgIpc) is 3.08. The Labute approximate surface area is 273 Å². The zero-order valence-electron chi connectivity index (χ0n) is 25.1. The molecule has 0 aromatic carbocycles. The molecule has 288 valence electrons. The highest BCUT2D eigenvalue weighted by Gasteiger charge is 2.93. The Bertz CT molecular complexity index is 1180. The van der Waals surface area contributed by atoms with Crippen LogP contribution in [0.5, 0.6) is 0 Å². The number of ether oxygens (including phenoxy) is 3. The van der Waals surface area contributed by atoms with Crippen LogP contribution in [0.4, 0.5) is 0 Å². The van der Waals surface area contributed by atoms with Crippen LogP contribution in [0, 0.1) is 5.41 Å². The Hall–Kier alpha value is -0.960. The lowest BCUT2D eigenvalue weighted by Gasteiger charge is -2.73. The van der Waals surface area contributed by atoms with Gasteiger partial charge in [-0.1, -0.05) is 0 Å². The topological polar surface area (TPSA) is 453 Å². The van der Waals surface area contributed by atoms with Gasteiger partial charge in [-0.3, -0.25) is 0 Å². The highest BCUT2D eigenvalue weighted by Crippen LogP contribution is 2.66. The van der Waals surface area contributed by atoms with E-state index in [9.17, 15) is 107 Å². The molecule has 0 amide bonds. The summed E-state index contributed by atoms with van der Waals surface area (Å²) in [6, 6.07) is 0. The molecule has 24 heteroatoms. The van der Waals surface area contributed by atoms with E-state index >= 15 is 0 Å². The summed E-state index contributed by atoms with van der Waals surface area (Å²) in [4.78, 5) is 0. The molecule has 0 aromatic heterocycles. The highest BCUT2D eigenvalue weighted by atomic mass is 16.7. The summed E-state index contributed by atoms with van der Waals surface area (Å²) >= 11 is 0. The molecule has 24 nitrogen and oxygen atoms in total. The van der Waals surface area contributed by atoms with Gasteiger partial charge in [0.05, 0.1) is 32.5 Å². The Morgan fingerprint density at radius 2 is 0.694 bits per heavy atom. The maximum absolute atomic E-state index is 13.0. The molecule has 0 unspecified atom stereocenters. The molecule has 4 fully saturated rings. The molecule has 0 spiro atoms. The maximum atomic E-state index is 13.0. The van der Waals surface area contributed by atoms with Gasteiger partial charge in [0, 0.05) is 0 Å². The smallest absolute Gasteiger partial charge is 0.230 e. The van der Waals surface area contributed by atoms with Crippen LogP contribution in [0.25, 0.3) is 0 Å². The Kier molecular flexibility index (Phi) is 11.0. The summed E-state index contributed by atoms with van der Waals surface area (Å²) in [5.74, 6) is -13.6. The normalized spacial score (nSPS) is 60.3. The molecule has 3 saturated heterocycles. The molecule has 0 bridgehead atoms. The maximum Gasteiger partial charge on any atom is 0.230 e. The van der Waals surface area contributed by atoms with Gasteiger partial charge >= 0.3 is 0 Å². The molecule has 0 aromatic rings. The number of hydrogen-bond acceptors (Lipinski definition) is 24. The average molecular weight is 729 g/mol. The molecular weight excluding hydrogens is 684 g/mol. The molecule has 4 rings (SSSR count). The fraction of sp³-hybridized carbons (Fsp3) is 1.00. The Morgan fingerprint density at radius 3 is 1.06 bits per heavy atom. The van der Waals surface area contributed by atoms with E-state index in [-0.39, 0.29) is 0 Å². The lowest BCUT2D eigenvalue weighted by Crippen LogP contribution is -2.99. The van der Waals surface area contributed by atoms with Crippen LogP contribution in [-0.4, -0.2) is 254 Å². The van der Waals surface area contributed by atoms with Gasteiger partial charge in [-0.25, -0.2) is 0 Å². The summed E-state index contributed by atoms with van der Waals surface area (Å²) in [7, 11) is 0. The second-order valence-electron chi connectivity index (χ2n) is 12.9. The van der Waals surface area contributed by atoms with E-state index in [4.69, 9.17) is 14.2 Å².